The van der Waals surface area contributed by atoms with Crippen LogP contribution in [-0.2, 0) is 27.4 Å². The van der Waals surface area contributed by atoms with E-state index in [9.17, 15) is 19.8 Å². The number of phenols is 2. The van der Waals surface area contributed by atoms with E-state index in [2.05, 4.69) is 5.32 Å². The second-order valence-corrected chi connectivity index (χ2v) is 7.63. The molecule has 0 fully saturated rings. The maximum Gasteiger partial charge on any atom is 0.328 e. The van der Waals surface area contributed by atoms with E-state index in [1.807, 2.05) is 30.3 Å². The van der Waals surface area contributed by atoms with E-state index in [4.69, 9.17) is 14.2 Å². The summed E-state index contributed by atoms with van der Waals surface area (Å²) in [7, 11) is 2.76. The summed E-state index contributed by atoms with van der Waals surface area (Å²) in [5, 5.41) is 21.7. The highest BCUT2D eigenvalue weighted by Crippen LogP contribution is 2.29. The Morgan fingerprint density at radius 1 is 0.914 bits per heavy atom. The Bertz CT molecular complexity index is 1190. The molecular formula is C27H27NO7. The van der Waals surface area contributed by atoms with Crippen molar-refractivity contribution in [2.45, 2.75) is 19.1 Å². The SMILES string of the molecule is COC(=O)C(Cc1ccc(O)c(O)c1)NC(=O)C=Cc1ccc(OCc2ccccc2)c(OC)c1. The van der Waals surface area contributed by atoms with Crippen LogP contribution < -0.4 is 14.8 Å². The van der Waals surface area contributed by atoms with E-state index in [1.165, 1.54) is 32.4 Å². The quantitative estimate of drug-likeness (QED) is 0.232. The highest BCUT2D eigenvalue weighted by molar-refractivity contribution is 5.94. The van der Waals surface area contributed by atoms with Gasteiger partial charge in [-0.2, -0.15) is 0 Å². The Morgan fingerprint density at radius 3 is 2.37 bits per heavy atom. The minimum absolute atomic E-state index is 0.0708. The molecule has 35 heavy (non-hydrogen) atoms. The number of esters is 1. The number of aromatic hydroxyl groups is 2. The molecule has 0 spiro atoms. The second kappa shape index (κ2) is 12.1. The normalized spacial score (nSPS) is 11.6. The molecule has 0 aliphatic heterocycles. The molecule has 3 N–H and O–H groups in total. The van der Waals surface area contributed by atoms with Crippen LogP contribution in [0.25, 0.3) is 6.08 Å². The van der Waals surface area contributed by atoms with Crippen LogP contribution in [0.15, 0.2) is 72.8 Å². The number of benzene rings is 3. The molecule has 0 bridgehead atoms. The zero-order valence-corrected chi connectivity index (χ0v) is 19.4. The first-order chi connectivity index (χ1) is 16.9. The zero-order valence-electron chi connectivity index (χ0n) is 19.4. The van der Waals surface area contributed by atoms with E-state index in [0.717, 1.165) is 5.56 Å². The van der Waals surface area contributed by atoms with Gasteiger partial charge in [-0.15, -0.1) is 0 Å². The summed E-state index contributed by atoms with van der Waals surface area (Å²) in [6.07, 6.45) is 2.95. The number of phenolic OH excluding ortho intramolecular Hbond substituents is 2. The van der Waals surface area contributed by atoms with Crippen molar-refractivity contribution in [3.63, 3.8) is 0 Å². The zero-order chi connectivity index (χ0) is 25.2. The van der Waals surface area contributed by atoms with E-state index < -0.39 is 17.9 Å². The summed E-state index contributed by atoms with van der Waals surface area (Å²) < 4.78 is 16.0. The lowest BCUT2D eigenvalue weighted by atomic mass is 10.1. The third kappa shape index (κ3) is 7.26. The van der Waals surface area contributed by atoms with Crippen molar-refractivity contribution in [1.82, 2.24) is 5.32 Å². The Kier molecular flexibility index (Phi) is 8.72. The third-order valence-corrected chi connectivity index (χ3v) is 5.13. The van der Waals surface area contributed by atoms with Crippen LogP contribution in [0.1, 0.15) is 16.7 Å². The van der Waals surface area contributed by atoms with Crippen molar-refractivity contribution in [3.05, 3.63) is 89.5 Å². The van der Waals surface area contributed by atoms with Gasteiger partial charge in [-0.1, -0.05) is 42.5 Å². The van der Waals surface area contributed by atoms with Crippen molar-refractivity contribution >= 4 is 18.0 Å². The average molecular weight is 478 g/mol. The van der Waals surface area contributed by atoms with E-state index >= 15 is 0 Å². The molecule has 3 rings (SSSR count). The highest BCUT2D eigenvalue weighted by Gasteiger charge is 2.21. The average Bonchev–Trinajstić information content (AvgIpc) is 2.88. The molecule has 0 aliphatic rings. The van der Waals surface area contributed by atoms with Gasteiger partial charge in [0.2, 0.25) is 5.91 Å². The molecule has 3 aromatic carbocycles. The standard InChI is InChI=1S/C27H27NO7/c1-33-25-16-18(9-12-24(25)35-17-19-6-4-3-5-7-19)10-13-26(31)28-21(27(32)34-2)14-20-8-11-22(29)23(30)15-20/h3-13,15-16,21,29-30H,14,17H2,1-2H3,(H,28,31). The smallest absolute Gasteiger partial charge is 0.328 e. The van der Waals surface area contributed by atoms with Gasteiger partial charge in [0.15, 0.2) is 23.0 Å². The fourth-order valence-electron chi connectivity index (χ4n) is 3.30. The molecule has 8 heteroatoms. The number of hydrogen-bond donors (Lipinski definition) is 3. The van der Waals surface area contributed by atoms with Gasteiger partial charge < -0.3 is 29.7 Å². The number of ether oxygens (including phenoxy) is 3. The van der Waals surface area contributed by atoms with Gasteiger partial charge >= 0.3 is 5.97 Å². The van der Waals surface area contributed by atoms with Crippen LogP contribution >= 0.6 is 0 Å². The monoisotopic (exact) mass is 477 g/mol. The largest absolute Gasteiger partial charge is 0.504 e. The number of methoxy groups -OCH3 is 2. The van der Waals surface area contributed by atoms with Crippen LogP contribution in [0.2, 0.25) is 0 Å². The lowest BCUT2D eigenvalue weighted by Gasteiger charge is -2.16. The molecule has 0 aromatic heterocycles. The minimum atomic E-state index is -0.982. The van der Waals surface area contributed by atoms with Crippen LogP contribution in [0, 0.1) is 0 Å². The van der Waals surface area contributed by atoms with Gasteiger partial charge in [0.05, 0.1) is 14.2 Å². The summed E-state index contributed by atoms with van der Waals surface area (Å²) in [6, 6.07) is 18.2. The van der Waals surface area contributed by atoms with Gasteiger partial charge in [-0.25, -0.2) is 4.79 Å². The molecule has 0 radical (unpaired) electrons. The molecule has 3 aromatic rings. The summed E-state index contributed by atoms with van der Waals surface area (Å²) in [6.45, 7) is 0.391. The number of carbonyl (C=O) groups excluding carboxylic acids is 2. The lowest BCUT2D eigenvalue weighted by Crippen LogP contribution is -2.42. The topological polar surface area (TPSA) is 114 Å². The lowest BCUT2D eigenvalue weighted by molar-refractivity contribution is -0.144. The molecule has 0 saturated heterocycles. The van der Waals surface area contributed by atoms with Crippen molar-refractivity contribution in [2.24, 2.45) is 0 Å². The van der Waals surface area contributed by atoms with Crippen LogP contribution in [-0.4, -0.2) is 42.4 Å². The van der Waals surface area contributed by atoms with Crippen LogP contribution in [0.4, 0.5) is 0 Å². The van der Waals surface area contributed by atoms with Gasteiger partial charge in [0.25, 0.3) is 0 Å². The maximum absolute atomic E-state index is 12.5. The van der Waals surface area contributed by atoms with Gasteiger partial charge in [-0.3, -0.25) is 4.79 Å². The Labute approximate surface area is 203 Å². The van der Waals surface area contributed by atoms with E-state index in [0.29, 0.717) is 29.2 Å². The van der Waals surface area contributed by atoms with Gasteiger partial charge in [0.1, 0.15) is 12.6 Å². The molecule has 1 atom stereocenters. The number of carbonyl (C=O) groups is 2. The molecule has 0 saturated carbocycles. The molecule has 1 amide bonds. The molecular weight excluding hydrogens is 450 g/mol. The fourth-order valence-corrected chi connectivity index (χ4v) is 3.30. The highest BCUT2D eigenvalue weighted by atomic mass is 16.5. The van der Waals surface area contributed by atoms with Crippen LogP contribution in [0.5, 0.6) is 23.0 Å². The predicted molar refractivity (Wildman–Crippen MR) is 130 cm³/mol. The van der Waals surface area contributed by atoms with Crippen molar-refractivity contribution in [3.8, 4) is 23.0 Å². The fraction of sp³-hybridized carbons (Fsp3) is 0.185. The minimum Gasteiger partial charge on any atom is -0.504 e. The number of hydrogen-bond acceptors (Lipinski definition) is 7. The van der Waals surface area contributed by atoms with Crippen molar-refractivity contribution in [1.29, 1.82) is 0 Å². The number of amides is 1. The van der Waals surface area contributed by atoms with Crippen molar-refractivity contribution in [2.75, 3.05) is 14.2 Å². The summed E-state index contributed by atoms with van der Waals surface area (Å²) in [4.78, 5) is 24.6. The number of nitrogens with one attached hydrogen (secondary N) is 1. The van der Waals surface area contributed by atoms with E-state index in [1.54, 1.807) is 30.3 Å². The Morgan fingerprint density at radius 2 is 1.69 bits per heavy atom. The Balaban J connectivity index is 1.65. The first-order valence-electron chi connectivity index (χ1n) is 10.8. The third-order valence-electron chi connectivity index (χ3n) is 5.13. The Hall–Kier alpha value is -4.46. The van der Waals surface area contributed by atoms with Crippen LogP contribution in [0.3, 0.4) is 0 Å². The molecule has 0 aliphatic carbocycles. The maximum atomic E-state index is 12.5. The number of rotatable bonds is 10. The summed E-state index contributed by atoms with van der Waals surface area (Å²) in [5.74, 6) is -0.652. The van der Waals surface area contributed by atoms with Gasteiger partial charge in [0, 0.05) is 12.5 Å². The molecule has 1 unspecified atom stereocenters. The summed E-state index contributed by atoms with van der Waals surface area (Å²) >= 11 is 0. The summed E-state index contributed by atoms with van der Waals surface area (Å²) in [5.41, 5.74) is 2.26. The van der Waals surface area contributed by atoms with E-state index in [-0.39, 0.29) is 17.9 Å². The predicted octanol–water partition coefficient (Wildman–Crippen LogP) is 3.60. The first-order valence-corrected chi connectivity index (χ1v) is 10.8. The molecule has 8 nitrogen and oxygen atoms in total. The molecule has 182 valence electrons. The second-order valence-electron chi connectivity index (χ2n) is 7.63. The molecule has 0 heterocycles. The van der Waals surface area contributed by atoms with Crippen molar-refractivity contribution < 1.29 is 34.0 Å². The van der Waals surface area contributed by atoms with Gasteiger partial charge in [-0.05, 0) is 47.0 Å². The first kappa shape index (κ1) is 25.2.